The van der Waals surface area contributed by atoms with Crippen molar-refractivity contribution in [2.24, 2.45) is 34.0 Å². The number of hydrogen-bond donors (Lipinski definition) is 1. The first-order chi connectivity index (χ1) is 17.4. The molecule has 4 rings (SSSR count). The van der Waals surface area contributed by atoms with E-state index in [1.807, 2.05) is 6.92 Å². The average Bonchev–Trinajstić information content (AvgIpc) is 3.23. The lowest BCUT2D eigenvalue weighted by Crippen LogP contribution is -2.63. The molecule has 2 bridgehead atoms. The predicted molar refractivity (Wildman–Crippen MR) is 150 cm³/mol. The maximum atomic E-state index is 14.7. The van der Waals surface area contributed by atoms with Gasteiger partial charge >= 0.3 is 5.97 Å². The summed E-state index contributed by atoms with van der Waals surface area (Å²) in [5.41, 5.74) is -1.36. The Morgan fingerprint density at radius 2 is 2.03 bits per heavy atom. The molecule has 3 aliphatic rings. The monoisotopic (exact) mass is 642 g/mol. The van der Waals surface area contributed by atoms with Crippen LogP contribution >= 0.6 is 34.4 Å². The van der Waals surface area contributed by atoms with Gasteiger partial charge in [0.25, 0.3) is 0 Å². The summed E-state index contributed by atoms with van der Waals surface area (Å²) in [5.74, 6) is -1.16. The third-order valence-corrected chi connectivity index (χ3v) is 12.2. The second-order valence-electron chi connectivity index (χ2n) is 11.8. The van der Waals surface area contributed by atoms with Crippen molar-refractivity contribution >= 4 is 52.4 Å². The number of thioether (sulfide) groups is 1. The van der Waals surface area contributed by atoms with E-state index in [1.165, 1.54) is 12.1 Å². The fourth-order valence-electron chi connectivity index (χ4n) is 7.58. The molecule has 3 fully saturated rings. The molecule has 0 unspecified atom stereocenters. The van der Waals surface area contributed by atoms with Crippen molar-refractivity contribution in [2.75, 3.05) is 5.75 Å². The van der Waals surface area contributed by atoms with Gasteiger partial charge in [0, 0.05) is 33.6 Å². The number of hydrogen-bond acceptors (Lipinski definition) is 6. The fourth-order valence-corrected chi connectivity index (χ4v) is 9.09. The highest BCUT2D eigenvalue weighted by Gasteiger charge is 2.68. The van der Waals surface area contributed by atoms with E-state index < -0.39 is 34.8 Å². The summed E-state index contributed by atoms with van der Waals surface area (Å²) in [4.78, 5) is 38.1. The van der Waals surface area contributed by atoms with Crippen LogP contribution in [-0.2, 0) is 14.3 Å². The van der Waals surface area contributed by atoms with Crippen molar-refractivity contribution in [3.63, 3.8) is 0 Å². The van der Waals surface area contributed by atoms with Crippen molar-refractivity contribution in [1.82, 2.24) is 0 Å². The van der Waals surface area contributed by atoms with Gasteiger partial charge in [-0.3, -0.25) is 14.4 Å². The first kappa shape index (κ1) is 28.7. The fraction of sp³-hybridized carbons (Fsp3) is 0.621. The number of benzene rings is 1. The number of aldehydes is 1. The number of carbonyl (C=O) groups excluding carboxylic acids is 3. The lowest BCUT2D eigenvalue weighted by Gasteiger charge is -2.61. The number of aliphatic hydroxyl groups excluding tert-OH is 1. The Kier molecular flexibility index (Phi) is 8.06. The van der Waals surface area contributed by atoms with Gasteiger partial charge in [-0.05, 0) is 77.7 Å². The van der Waals surface area contributed by atoms with E-state index in [1.54, 1.807) is 28.7 Å². The largest absolute Gasteiger partial charge is 0.461 e. The maximum absolute atomic E-state index is 14.7. The standard InChI is InChI=1S/C29H36FIO5S/c1-6-27(4)13-21(36-22(34)15-37-20-8-7-18(14-32)24(31)23(20)30)28(5)16(2)9-11-29(17(3)26(27)35)12-10-19(33)25(28)29/h6-8,14,16-17,21,25-26,35H,1,9-13,15H2,2-5H3/t16-,17-,21+,25-,26-,27+,28-,29-/m0/s1. The molecule has 8 atom stereocenters. The Morgan fingerprint density at radius 3 is 2.68 bits per heavy atom. The SMILES string of the molecule is C=C[C@]1(C)C[C@@H](OC(=O)CSc2ccc(C=O)c(I)c2F)[C@@]2(C)[C@@H]3C(=O)CC[C@@]3(CC[C@@H]2C)[C@@H](C)[C@@H]1O. The summed E-state index contributed by atoms with van der Waals surface area (Å²) < 4.78 is 21.2. The number of esters is 1. The van der Waals surface area contributed by atoms with E-state index in [2.05, 4.69) is 27.4 Å². The first-order valence-electron chi connectivity index (χ1n) is 13.0. The van der Waals surface area contributed by atoms with Crippen LogP contribution in [0.2, 0.25) is 0 Å². The van der Waals surface area contributed by atoms with E-state index in [4.69, 9.17) is 4.74 Å². The van der Waals surface area contributed by atoms with Gasteiger partial charge < -0.3 is 9.84 Å². The van der Waals surface area contributed by atoms with Gasteiger partial charge in [0.1, 0.15) is 11.9 Å². The van der Waals surface area contributed by atoms with Gasteiger partial charge in [-0.15, -0.1) is 18.3 Å². The van der Waals surface area contributed by atoms with E-state index in [-0.39, 0.29) is 48.7 Å². The molecular weight excluding hydrogens is 606 g/mol. The van der Waals surface area contributed by atoms with Crippen LogP contribution in [0.4, 0.5) is 4.39 Å². The van der Waals surface area contributed by atoms with Crippen LogP contribution in [0.5, 0.6) is 0 Å². The van der Waals surface area contributed by atoms with Gasteiger partial charge in [-0.2, -0.15) is 0 Å². The molecule has 3 saturated carbocycles. The number of aliphatic hydroxyl groups is 1. The molecule has 0 aromatic heterocycles. The van der Waals surface area contributed by atoms with Gasteiger partial charge in [-0.25, -0.2) is 4.39 Å². The molecule has 37 heavy (non-hydrogen) atoms. The maximum Gasteiger partial charge on any atom is 0.316 e. The van der Waals surface area contributed by atoms with Crippen LogP contribution in [0, 0.1) is 43.4 Å². The zero-order chi connectivity index (χ0) is 27.3. The van der Waals surface area contributed by atoms with Crippen LogP contribution in [0.1, 0.15) is 70.2 Å². The van der Waals surface area contributed by atoms with Crippen molar-refractivity contribution in [2.45, 2.75) is 76.9 Å². The van der Waals surface area contributed by atoms with Crippen molar-refractivity contribution in [3.05, 3.63) is 39.7 Å². The molecule has 1 aromatic rings. The van der Waals surface area contributed by atoms with Gasteiger partial charge in [0.2, 0.25) is 0 Å². The first-order valence-corrected chi connectivity index (χ1v) is 15.0. The third-order valence-electron chi connectivity index (χ3n) is 10.1. The molecule has 0 heterocycles. The molecule has 5 nitrogen and oxygen atoms in total. The molecule has 202 valence electrons. The molecule has 1 aromatic carbocycles. The van der Waals surface area contributed by atoms with Crippen LogP contribution in [0.25, 0.3) is 0 Å². The lowest BCUT2D eigenvalue weighted by molar-refractivity contribution is -0.205. The highest BCUT2D eigenvalue weighted by molar-refractivity contribution is 14.1. The second kappa shape index (κ2) is 10.4. The number of halogens is 2. The number of Topliss-reactive ketones (excluding diaryl/α,β-unsaturated/α-hetero) is 1. The average molecular weight is 643 g/mol. The third kappa shape index (κ3) is 4.52. The Balaban J connectivity index is 1.66. The zero-order valence-electron chi connectivity index (χ0n) is 21.9. The van der Waals surface area contributed by atoms with Gasteiger partial charge in [-0.1, -0.05) is 33.8 Å². The van der Waals surface area contributed by atoms with Crippen molar-refractivity contribution < 1.29 is 28.6 Å². The molecule has 0 radical (unpaired) electrons. The van der Waals surface area contributed by atoms with Crippen molar-refractivity contribution in [1.29, 1.82) is 0 Å². The molecule has 1 N–H and O–H groups in total. The number of ether oxygens (including phenoxy) is 1. The minimum Gasteiger partial charge on any atom is -0.461 e. The smallest absolute Gasteiger partial charge is 0.316 e. The molecule has 0 aliphatic heterocycles. The molecule has 0 amide bonds. The lowest BCUT2D eigenvalue weighted by atomic mass is 9.44. The second-order valence-corrected chi connectivity index (χ2v) is 13.8. The molecule has 3 aliphatic carbocycles. The molecule has 0 spiro atoms. The Labute approximate surface area is 236 Å². The summed E-state index contributed by atoms with van der Waals surface area (Å²) in [7, 11) is 0. The van der Waals surface area contributed by atoms with E-state index >= 15 is 0 Å². The zero-order valence-corrected chi connectivity index (χ0v) is 24.9. The summed E-state index contributed by atoms with van der Waals surface area (Å²) in [5, 5.41) is 11.6. The van der Waals surface area contributed by atoms with Gasteiger partial charge in [0.15, 0.2) is 12.1 Å². The topological polar surface area (TPSA) is 80.7 Å². The summed E-state index contributed by atoms with van der Waals surface area (Å²) in [6, 6.07) is 3.03. The Hall–Kier alpha value is -1.26. The number of carbonyl (C=O) groups is 3. The highest BCUT2D eigenvalue weighted by Crippen LogP contribution is 2.68. The minimum atomic E-state index is -0.723. The number of rotatable bonds is 6. The van der Waals surface area contributed by atoms with E-state index in [9.17, 15) is 23.9 Å². The van der Waals surface area contributed by atoms with Crippen LogP contribution in [0.3, 0.4) is 0 Å². The Bertz CT molecular complexity index is 1130. The minimum absolute atomic E-state index is 0.0919. The predicted octanol–water partition coefficient (Wildman–Crippen LogP) is 6.24. The summed E-state index contributed by atoms with van der Waals surface area (Å²) >= 11 is 2.81. The Morgan fingerprint density at radius 1 is 1.32 bits per heavy atom. The van der Waals surface area contributed by atoms with Crippen LogP contribution < -0.4 is 0 Å². The van der Waals surface area contributed by atoms with Crippen molar-refractivity contribution in [3.8, 4) is 0 Å². The highest BCUT2D eigenvalue weighted by atomic mass is 127. The summed E-state index contributed by atoms with van der Waals surface area (Å²) in [6.45, 7) is 12.3. The van der Waals surface area contributed by atoms with Crippen LogP contribution in [-0.4, -0.2) is 41.1 Å². The summed E-state index contributed by atoms with van der Waals surface area (Å²) in [6.07, 6.45) is 4.41. The van der Waals surface area contributed by atoms with Crippen LogP contribution in [0.15, 0.2) is 29.7 Å². The van der Waals surface area contributed by atoms with E-state index in [0.29, 0.717) is 19.1 Å². The molecule has 0 saturated heterocycles. The quantitative estimate of drug-likeness (QED) is 0.130. The normalized spacial score (nSPS) is 39.3. The molecular formula is C29H36FIO5S. The number of ketones is 1. The van der Waals surface area contributed by atoms with Gasteiger partial charge in [0.05, 0.1) is 15.4 Å². The van der Waals surface area contributed by atoms with E-state index in [0.717, 1.165) is 31.0 Å². The molecule has 8 heteroatoms.